The molecule has 0 saturated heterocycles. The van der Waals surface area contributed by atoms with E-state index in [1.165, 1.54) is 0 Å². The van der Waals surface area contributed by atoms with Gasteiger partial charge in [0, 0.05) is 0 Å². The Morgan fingerprint density at radius 3 is 2.67 bits per heavy atom. The minimum absolute atomic E-state index is 0.431. The number of halogens is 1. The molecule has 0 aliphatic rings. The summed E-state index contributed by atoms with van der Waals surface area (Å²) in [5, 5.41) is 0. The van der Waals surface area contributed by atoms with Gasteiger partial charge in [-0.1, -0.05) is 12.2 Å². The summed E-state index contributed by atoms with van der Waals surface area (Å²) in [6.07, 6.45) is 5.65. The average Bonchev–Trinajstić information content (AvgIpc) is 1.91. The Kier molecular flexibility index (Phi) is 5.43. The number of alkyl halides is 1. The number of allylic oxidation sites excluding steroid dienone is 4. The van der Waals surface area contributed by atoms with E-state index < -0.39 is 0 Å². The van der Waals surface area contributed by atoms with Crippen LogP contribution in [0, 0.1) is 0 Å². The van der Waals surface area contributed by atoms with E-state index in [2.05, 4.69) is 0 Å². The third kappa shape index (κ3) is 4.10. The van der Waals surface area contributed by atoms with Crippen LogP contribution >= 0.6 is 11.6 Å². The van der Waals surface area contributed by atoms with Gasteiger partial charge in [-0.15, -0.1) is 11.6 Å². The molecule has 2 heteroatoms. The van der Waals surface area contributed by atoms with Crippen LogP contribution in [0.3, 0.4) is 0 Å². The molecule has 0 aromatic carbocycles. The van der Waals surface area contributed by atoms with Crippen LogP contribution in [0.5, 0.6) is 0 Å². The predicted molar refractivity (Wildman–Crippen MR) is 40.6 cm³/mol. The molecule has 0 aromatic heterocycles. The maximum Gasteiger partial charge on any atom is 0.110 e. The zero-order chi connectivity index (χ0) is 7.11. The molecule has 0 bridgehead atoms. The molecule has 0 aromatic rings. The fraction of sp³-hybridized carbons (Fsp3) is 0.429. The Labute approximate surface area is 61.0 Å². The number of methoxy groups -OCH3 is 1. The topological polar surface area (TPSA) is 9.23 Å². The van der Waals surface area contributed by atoms with Crippen LogP contribution < -0.4 is 0 Å². The Morgan fingerprint density at radius 2 is 2.33 bits per heavy atom. The lowest BCUT2D eigenvalue weighted by Crippen LogP contribution is -1.85. The van der Waals surface area contributed by atoms with Gasteiger partial charge >= 0.3 is 0 Å². The average molecular weight is 147 g/mol. The second-order valence-electron chi connectivity index (χ2n) is 1.50. The molecular formula is C7H11ClO. The highest BCUT2D eigenvalue weighted by Gasteiger charge is 1.86. The summed E-state index contributed by atoms with van der Waals surface area (Å²) in [5.41, 5.74) is 0. The van der Waals surface area contributed by atoms with Crippen molar-refractivity contribution >= 4 is 11.6 Å². The van der Waals surface area contributed by atoms with E-state index in [0.717, 1.165) is 5.76 Å². The van der Waals surface area contributed by atoms with Crippen molar-refractivity contribution in [2.24, 2.45) is 0 Å². The molecule has 0 N–H and O–H groups in total. The summed E-state index contributed by atoms with van der Waals surface area (Å²) in [6, 6.07) is 0. The standard InChI is InChI=1S/C7H11ClO/c1-3-4-5-7(6-8)9-2/h3-5H,6H2,1-2H3. The number of hydrogen-bond donors (Lipinski definition) is 0. The van der Waals surface area contributed by atoms with E-state index in [1.54, 1.807) is 7.11 Å². The molecule has 0 fully saturated rings. The normalized spacial score (nSPS) is 12.6. The van der Waals surface area contributed by atoms with Gasteiger partial charge in [0.05, 0.1) is 13.0 Å². The first kappa shape index (κ1) is 8.57. The fourth-order valence-corrected chi connectivity index (χ4v) is 0.569. The fourth-order valence-electron chi connectivity index (χ4n) is 0.371. The van der Waals surface area contributed by atoms with Gasteiger partial charge in [-0.2, -0.15) is 0 Å². The Balaban J connectivity index is 3.75. The summed E-state index contributed by atoms with van der Waals surface area (Å²) in [6.45, 7) is 1.94. The maximum atomic E-state index is 5.48. The Bertz CT molecular complexity index is 110. The van der Waals surface area contributed by atoms with Gasteiger partial charge in [-0.05, 0) is 13.0 Å². The van der Waals surface area contributed by atoms with Crippen LogP contribution in [0.15, 0.2) is 24.0 Å². The minimum Gasteiger partial charge on any atom is -0.500 e. The number of hydrogen-bond acceptors (Lipinski definition) is 1. The van der Waals surface area contributed by atoms with Gasteiger partial charge in [-0.25, -0.2) is 0 Å². The third-order valence-corrected chi connectivity index (χ3v) is 1.13. The van der Waals surface area contributed by atoms with E-state index in [-0.39, 0.29) is 0 Å². The lowest BCUT2D eigenvalue weighted by molar-refractivity contribution is 0.295. The Hall–Kier alpha value is -0.430. The first-order valence-corrected chi connectivity index (χ1v) is 3.30. The van der Waals surface area contributed by atoms with Crippen molar-refractivity contribution in [1.29, 1.82) is 0 Å². The molecule has 0 aliphatic carbocycles. The van der Waals surface area contributed by atoms with Crippen molar-refractivity contribution in [1.82, 2.24) is 0 Å². The van der Waals surface area contributed by atoms with E-state index in [9.17, 15) is 0 Å². The molecule has 0 heterocycles. The third-order valence-electron chi connectivity index (χ3n) is 0.868. The molecule has 0 unspecified atom stereocenters. The van der Waals surface area contributed by atoms with Gasteiger partial charge in [0.2, 0.25) is 0 Å². The summed E-state index contributed by atoms with van der Waals surface area (Å²) in [5.74, 6) is 1.22. The van der Waals surface area contributed by atoms with Crippen LogP contribution in [0.4, 0.5) is 0 Å². The molecule has 0 amide bonds. The van der Waals surface area contributed by atoms with Crippen LogP contribution in [0.25, 0.3) is 0 Å². The molecule has 9 heavy (non-hydrogen) atoms. The molecule has 0 saturated carbocycles. The molecule has 0 spiro atoms. The van der Waals surface area contributed by atoms with Gasteiger partial charge < -0.3 is 4.74 Å². The minimum atomic E-state index is 0.431. The predicted octanol–water partition coefficient (Wildman–Crippen LogP) is 2.33. The SMILES string of the molecule is CC=CC=C(CCl)OC. The second-order valence-corrected chi connectivity index (χ2v) is 1.76. The quantitative estimate of drug-likeness (QED) is 0.337. The summed E-state index contributed by atoms with van der Waals surface area (Å²) >= 11 is 5.48. The largest absolute Gasteiger partial charge is 0.500 e. The van der Waals surface area contributed by atoms with Crippen LogP contribution in [0.2, 0.25) is 0 Å². The molecule has 0 atom stereocenters. The highest BCUT2D eigenvalue weighted by molar-refractivity contribution is 6.19. The van der Waals surface area contributed by atoms with Gasteiger partial charge in [0.15, 0.2) is 0 Å². The highest BCUT2D eigenvalue weighted by atomic mass is 35.5. The second kappa shape index (κ2) is 5.70. The van der Waals surface area contributed by atoms with E-state index in [4.69, 9.17) is 16.3 Å². The van der Waals surface area contributed by atoms with E-state index >= 15 is 0 Å². The lowest BCUT2D eigenvalue weighted by Gasteiger charge is -1.96. The Morgan fingerprint density at radius 1 is 1.67 bits per heavy atom. The highest BCUT2D eigenvalue weighted by Crippen LogP contribution is 1.97. The monoisotopic (exact) mass is 146 g/mol. The van der Waals surface area contributed by atoms with Crippen molar-refractivity contribution < 1.29 is 4.74 Å². The van der Waals surface area contributed by atoms with Crippen LogP contribution in [0.1, 0.15) is 6.92 Å². The van der Waals surface area contributed by atoms with Gasteiger partial charge in [0.1, 0.15) is 5.76 Å². The van der Waals surface area contributed by atoms with Gasteiger partial charge in [-0.3, -0.25) is 0 Å². The van der Waals surface area contributed by atoms with Crippen molar-refractivity contribution in [2.75, 3.05) is 13.0 Å². The zero-order valence-electron chi connectivity index (χ0n) is 5.73. The van der Waals surface area contributed by atoms with Crippen LogP contribution in [-0.4, -0.2) is 13.0 Å². The molecule has 1 nitrogen and oxygen atoms in total. The van der Waals surface area contributed by atoms with Crippen LogP contribution in [-0.2, 0) is 4.74 Å². The molecule has 0 radical (unpaired) electrons. The molecule has 52 valence electrons. The van der Waals surface area contributed by atoms with Crippen molar-refractivity contribution in [3.63, 3.8) is 0 Å². The maximum absolute atomic E-state index is 5.48. The van der Waals surface area contributed by atoms with Crippen molar-refractivity contribution in [2.45, 2.75) is 6.92 Å². The summed E-state index contributed by atoms with van der Waals surface area (Å²) in [7, 11) is 1.61. The van der Waals surface area contributed by atoms with E-state index in [0.29, 0.717) is 5.88 Å². The first-order chi connectivity index (χ1) is 4.35. The summed E-state index contributed by atoms with van der Waals surface area (Å²) in [4.78, 5) is 0. The zero-order valence-corrected chi connectivity index (χ0v) is 6.48. The van der Waals surface area contributed by atoms with Gasteiger partial charge in [0.25, 0.3) is 0 Å². The van der Waals surface area contributed by atoms with E-state index in [1.807, 2.05) is 25.2 Å². The molecule has 0 rings (SSSR count). The lowest BCUT2D eigenvalue weighted by atomic mass is 10.4. The van der Waals surface area contributed by atoms with Crippen molar-refractivity contribution in [3.05, 3.63) is 24.0 Å². The smallest absolute Gasteiger partial charge is 0.110 e. The molecular weight excluding hydrogens is 136 g/mol. The summed E-state index contributed by atoms with van der Waals surface area (Å²) < 4.78 is 4.88. The number of rotatable bonds is 3. The number of ether oxygens (including phenoxy) is 1. The first-order valence-electron chi connectivity index (χ1n) is 2.77. The van der Waals surface area contributed by atoms with Crippen molar-refractivity contribution in [3.8, 4) is 0 Å². The molecule has 0 aliphatic heterocycles.